The summed E-state index contributed by atoms with van der Waals surface area (Å²) in [6, 6.07) is 6.90. The predicted molar refractivity (Wildman–Crippen MR) is 73.2 cm³/mol. The summed E-state index contributed by atoms with van der Waals surface area (Å²) >= 11 is 0. The molecule has 0 atom stereocenters. The van der Waals surface area contributed by atoms with Crippen LogP contribution in [0.1, 0.15) is 32.3 Å². The summed E-state index contributed by atoms with van der Waals surface area (Å²) in [7, 11) is 1.69. The van der Waals surface area contributed by atoms with Gasteiger partial charge in [0.15, 0.2) is 11.5 Å². The van der Waals surface area contributed by atoms with Gasteiger partial charge in [-0.1, -0.05) is 19.9 Å². The quantitative estimate of drug-likeness (QED) is 0.806. The van der Waals surface area contributed by atoms with Crippen molar-refractivity contribution in [2.75, 3.05) is 13.7 Å². The maximum absolute atomic E-state index is 5.74. The van der Waals surface area contributed by atoms with Crippen LogP contribution < -0.4 is 14.8 Å². The molecule has 1 aromatic rings. The normalized spacial score (nSPS) is 14.9. The van der Waals surface area contributed by atoms with Gasteiger partial charge in [0.25, 0.3) is 0 Å². The molecular weight excluding hydrogens is 226 g/mol. The molecule has 0 saturated heterocycles. The molecule has 1 aliphatic rings. The molecule has 0 aromatic heterocycles. The summed E-state index contributed by atoms with van der Waals surface area (Å²) in [5, 5.41) is 3.50. The Balaban J connectivity index is 1.97. The summed E-state index contributed by atoms with van der Waals surface area (Å²) in [6.07, 6.45) is 2.62. The fourth-order valence-electron chi connectivity index (χ4n) is 1.75. The Morgan fingerprint density at radius 2 is 2.06 bits per heavy atom. The minimum Gasteiger partial charge on any atom is -0.493 e. The highest BCUT2D eigenvalue weighted by Crippen LogP contribution is 2.29. The number of methoxy groups -OCH3 is 1. The van der Waals surface area contributed by atoms with Crippen molar-refractivity contribution in [3.8, 4) is 11.5 Å². The van der Waals surface area contributed by atoms with E-state index in [1.165, 1.54) is 18.4 Å². The second kappa shape index (κ2) is 6.10. The van der Waals surface area contributed by atoms with Crippen molar-refractivity contribution in [3.05, 3.63) is 23.8 Å². The first-order chi connectivity index (χ1) is 8.69. The molecule has 0 aliphatic heterocycles. The molecule has 1 aromatic carbocycles. The fourth-order valence-corrected chi connectivity index (χ4v) is 1.75. The van der Waals surface area contributed by atoms with Crippen LogP contribution in [0.3, 0.4) is 0 Å². The molecular formula is C15H23NO2. The molecule has 1 aliphatic carbocycles. The number of hydrogen-bond donors (Lipinski definition) is 1. The Labute approximate surface area is 109 Å². The molecule has 0 amide bonds. The molecule has 0 unspecified atom stereocenters. The Morgan fingerprint density at radius 1 is 1.28 bits per heavy atom. The van der Waals surface area contributed by atoms with Crippen molar-refractivity contribution in [1.29, 1.82) is 0 Å². The summed E-state index contributed by atoms with van der Waals surface area (Å²) in [6.45, 7) is 5.91. The van der Waals surface area contributed by atoms with Crippen LogP contribution in [-0.2, 0) is 6.54 Å². The highest BCUT2D eigenvalue weighted by molar-refractivity contribution is 5.43. The minimum atomic E-state index is 0.519. The molecule has 3 heteroatoms. The van der Waals surface area contributed by atoms with Crippen LogP contribution in [0.4, 0.5) is 0 Å². The van der Waals surface area contributed by atoms with Crippen LogP contribution in [0, 0.1) is 5.92 Å². The number of ether oxygens (including phenoxy) is 2. The minimum absolute atomic E-state index is 0.519. The maximum Gasteiger partial charge on any atom is 0.161 e. The first-order valence-electron chi connectivity index (χ1n) is 6.72. The lowest BCUT2D eigenvalue weighted by Crippen LogP contribution is -2.15. The summed E-state index contributed by atoms with van der Waals surface area (Å²) < 4.78 is 11.1. The Kier molecular flexibility index (Phi) is 4.48. The first kappa shape index (κ1) is 13.2. The molecule has 1 fully saturated rings. The largest absolute Gasteiger partial charge is 0.493 e. The summed E-state index contributed by atoms with van der Waals surface area (Å²) in [5.74, 6) is 2.18. The Hall–Kier alpha value is -1.22. The van der Waals surface area contributed by atoms with E-state index in [-0.39, 0.29) is 0 Å². The van der Waals surface area contributed by atoms with Gasteiger partial charge in [0, 0.05) is 12.6 Å². The van der Waals surface area contributed by atoms with Crippen molar-refractivity contribution < 1.29 is 9.47 Å². The van der Waals surface area contributed by atoms with Gasteiger partial charge in [-0.3, -0.25) is 0 Å². The molecule has 3 nitrogen and oxygen atoms in total. The number of nitrogens with one attached hydrogen (secondary N) is 1. The van der Waals surface area contributed by atoms with E-state index < -0.39 is 0 Å². The molecule has 2 rings (SSSR count). The molecule has 0 spiro atoms. The van der Waals surface area contributed by atoms with Gasteiger partial charge in [-0.05, 0) is 36.5 Å². The van der Waals surface area contributed by atoms with E-state index in [1.807, 2.05) is 6.07 Å². The van der Waals surface area contributed by atoms with Crippen LogP contribution in [0.15, 0.2) is 18.2 Å². The molecule has 1 N–H and O–H groups in total. The maximum atomic E-state index is 5.74. The van der Waals surface area contributed by atoms with Gasteiger partial charge in [0.1, 0.15) is 0 Å². The predicted octanol–water partition coefficient (Wildman–Crippen LogP) is 2.98. The number of rotatable bonds is 7. The van der Waals surface area contributed by atoms with E-state index in [9.17, 15) is 0 Å². The van der Waals surface area contributed by atoms with Crippen molar-refractivity contribution in [3.63, 3.8) is 0 Å². The third kappa shape index (κ3) is 3.91. The lowest BCUT2D eigenvalue weighted by molar-refractivity contribution is 0.256. The summed E-state index contributed by atoms with van der Waals surface area (Å²) in [5.41, 5.74) is 1.25. The van der Waals surface area contributed by atoms with Crippen LogP contribution in [-0.4, -0.2) is 19.8 Å². The van der Waals surface area contributed by atoms with Gasteiger partial charge in [-0.2, -0.15) is 0 Å². The third-order valence-electron chi connectivity index (χ3n) is 2.97. The highest BCUT2D eigenvalue weighted by atomic mass is 16.5. The standard InChI is InChI=1S/C15H23NO2/c1-11(2)10-18-14-7-4-12(8-15(14)17-3)9-16-13-5-6-13/h4,7-8,11,13,16H,5-6,9-10H2,1-3H3. The van der Waals surface area contributed by atoms with Crippen LogP contribution in [0.2, 0.25) is 0 Å². The third-order valence-corrected chi connectivity index (χ3v) is 2.97. The summed E-state index contributed by atoms with van der Waals surface area (Å²) in [4.78, 5) is 0. The van der Waals surface area contributed by atoms with Crippen molar-refractivity contribution in [2.45, 2.75) is 39.3 Å². The van der Waals surface area contributed by atoms with Gasteiger partial charge in [0.05, 0.1) is 13.7 Å². The molecule has 18 heavy (non-hydrogen) atoms. The zero-order chi connectivity index (χ0) is 13.0. The van der Waals surface area contributed by atoms with Crippen LogP contribution in [0.25, 0.3) is 0 Å². The second-order valence-corrected chi connectivity index (χ2v) is 5.35. The average molecular weight is 249 g/mol. The zero-order valence-electron chi connectivity index (χ0n) is 11.5. The molecule has 1 saturated carbocycles. The monoisotopic (exact) mass is 249 g/mol. The van der Waals surface area contributed by atoms with Crippen LogP contribution >= 0.6 is 0 Å². The van der Waals surface area contributed by atoms with Crippen molar-refractivity contribution >= 4 is 0 Å². The van der Waals surface area contributed by atoms with E-state index in [2.05, 4.69) is 31.3 Å². The van der Waals surface area contributed by atoms with Gasteiger partial charge >= 0.3 is 0 Å². The molecule has 0 bridgehead atoms. The molecule has 0 radical (unpaired) electrons. The lowest BCUT2D eigenvalue weighted by Gasteiger charge is -2.13. The van der Waals surface area contributed by atoms with E-state index in [0.717, 1.165) is 30.7 Å². The Morgan fingerprint density at radius 3 is 2.67 bits per heavy atom. The molecule has 0 heterocycles. The lowest BCUT2D eigenvalue weighted by atomic mass is 10.2. The van der Waals surface area contributed by atoms with E-state index in [4.69, 9.17) is 9.47 Å². The van der Waals surface area contributed by atoms with Gasteiger partial charge in [-0.15, -0.1) is 0 Å². The zero-order valence-corrected chi connectivity index (χ0v) is 11.5. The SMILES string of the molecule is COc1cc(CNC2CC2)ccc1OCC(C)C. The van der Waals surface area contributed by atoms with E-state index in [0.29, 0.717) is 5.92 Å². The first-order valence-corrected chi connectivity index (χ1v) is 6.72. The van der Waals surface area contributed by atoms with Crippen molar-refractivity contribution in [1.82, 2.24) is 5.32 Å². The van der Waals surface area contributed by atoms with Gasteiger partial charge in [-0.25, -0.2) is 0 Å². The average Bonchev–Trinajstić information content (AvgIpc) is 3.18. The number of hydrogen-bond acceptors (Lipinski definition) is 3. The second-order valence-electron chi connectivity index (χ2n) is 5.35. The fraction of sp³-hybridized carbons (Fsp3) is 0.600. The van der Waals surface area contributed by atoms with E-state index >= 15 is 0 Å². The van der Waals surface area contributed by atoms with Crippen molar-refractivity contribution in [2.24, 2.45) is 5.92 Å². The topological polar surface area (TPSA) is 30.5 Å². The van der Waals surface area contributed by atoms with Gasteiger partial charge in [0.2, 0.25) is 0 Å². The Bertz CT molecular complexity index is 386. The number of benzene rings is 1. The molecule has 100 valence electrons. The van der Waals surface area contributed by atoms with Crippen LogP contribution in [0.5, 0.6) is 11.5 Å². The van der Waals surface area contributed by atoms with Gasteiger partial charge < -0.3 is 14.8 Å². The highest BCUT2D eigenvalue weighted by Gasteiger charge is 2.20. The smallest absolute Gasteiger partial charge is 0.161 e. The van der Waals surface area contributed by atoms with E-state index in [1.54, 1.807) is 7.11 Å².